The summed E-state index contributed by atoms with van der Waals surface area (Å²) in [6.07, 6.45) is 5.48. The van der Waals surface area contributed by atoms with Gasteiger partial charge in [0.05, 0.1) is 12.2 Å². The van der Waals surface area contributed by atoms with Gasteiger partial charge in [0.15, 0.2) is 0 Å². The molecule has 0 radical (unpaired) electrons. The van der Waals surface area contributed by atoms with Gasteiger partial charge in [0.1, 0.15) is 16.8 Å². The Kier molecular flexibility index (Phi) is 4.37. The number of nitrogens with one attached hydrogen (secondary N) is 2. The first-order chi connectivity index (χ1) is 9.11. The van der Waals surface area contributed by atoms with Gasteiger partial charge in [-0.05, 0) is 20.3 Å². The van der Waals surface area contributed by atoms with E-state index in [1.165, 1.54) is 0 Å². The first-order valence-corrected chi connectivity index (χ1v) is 6.77. The van der Waals surface area contributed by atoms with Crippen LogP contribution in [-0.4, -0.2) is 20.2 Å². The maximum Gasteiger partial charge on any atom is 0.137 e. The van der Waals surface area contributed by atoms with Gasteiger partial charge < -0.3 is 5.32 Å². The van der Waals surface area contributed by atoms with Gasteiger partial charge in [-0.3, -0.25) is 5.10 Å². The zero-order chi connectivity index (χ0) is 13.8. The summed E-state index contributed by atoms with van der Waals surface area (Å²) in [7, 11) is 0. The summed E-state index contributed by atoms with van der Waals surface area (Å²) < 4.78 is 0. The van der Waals surface area contributed by atoms with E-state index in [4.69, 9.17) is 11.6 Å². The Labute approximate surface area is 117 Å². The van der Waals surface area contributed by atoms with E-state index in [1.807, 2.05) is 13.1 Å². The predicted molar refractivity (Wildman–Crippen MR) is 76.4 cm³/mol. The van der Waals surface area contributed by atoms with Gasteiger partial charge >= 0.3 is 0 Å². The number of rotatable bonds is 5. The Morgan fingerprint density at radius 3 is 2.84 bits per heavy atom. The van der Waals surface area contributed by atoms with Gasteiger partial charge in [0, 0.05) is 23.7 Å². The van der Waals surface area contributed by atoms with Crippen molar-refractivity contribution in [3.8, 4) is 0 Å². The lowest BCUT2D eigenvalue weighted by Crippen LogP contribution is -2.11. The molecule has 6 heteroatoms. The Morgan fingerprint density at radius 1 is 1.42 bits per heavy atom. The van der Waals surface area contributed by atoms with Crippen LogP contribution in [0.15, 0.2) is 12.4 Å². The predicted octanol–water partition coefficient (Wildman–Crippen LogP) is 3.29. The standard InChI is InChI=1S/C13H18ClN5/c1-4-5-11-18-12(14)8(2)13(19-11)17-9(3)10-6-15-16-7-10/h6-7,9H,4-5H2,1-3H3,(H,15,16)(H,17,18,19). The fourth-order valence-corrected chi connectivity index (χ4v) is 1.98. The van der Waals surface area contributed by atoms with Gasteiger partial charge in [-0.15, -0.1) is 0 Å². The van der Waals surface area contributed by atoms with Crippen molar-refractivity contribution in [1.29, 1.82) is 0 Å². The van der Waals surface area contributed by atoms with Crippen LogP contribution in [0, 0.1) is 6.92 Å². The molecule has 102 valence electrons. The number of halogens is 1. The first-order valence-electron chi connectivity index (χ1n) is 6.40. The first kappa shape index (κ1) is 13.8. The number of aromatic amines is 1. The van der Waals surface area contributed by atoms with Crippen LogP contribution in [0.25, 0.3) is 0 Å². The molecule has 5 nitrogen and oxygen atoms in total. The molecule has 19 heavy (non-hydrogen) atoms. The molecule has 2 N–H and O–H groups in total. The van der Waals surface area contributed by atoms with Crippen LogP contribution >= 0.6 is 11.6 Å². The molecule has 0 aliphatic rings. The van der Waals surface area contributed by atoms with Gasteiger partial charge in [-0.1, -0.05) is 18.5 Å². The molecule has 0 bridgehead atoms. The molecular formula is C13H18ClN5. The smallest absolute Gasteiger partial charge is 0.137 e. The highest BCUT2D eigenvalue weighted by atomic mass is 35.5. The minimum Gasteiger partial charge on any atom is -0.363 e. The number of anilines is 1. The number of nitrogens with zero attached hydrogens (tertiary/aromatic N) is 3. The number of H-pyrrole nitrogens is 1. The van der Waals surface area contributed by atoms with E-state index >= 15 is 0 Å². The minimum absolute atomic E-state index is 0.109. The zero-order valence-electron chi connectivity index (χ0n) is 11.4. The molecule has 0 fully saturated rings. The van der Waals surface area contributed by atoms with E-state index in [1.54, 1.807) is 6.20 Å². The van der Waals surface area contributed by atoms with E-state index in [0.717, 1.165) is 35.6 Å². The second kappa shape index (κ2) is 6.02. The minimum atomic E-state index is 0.109. The number of hydrogen-bond donors (Lipinski definition) is 2. The molecular weight excluding hydrogens is 262 g/mol. The third-order valence-electron chi connectivity index (χ3n) is 2.98. The molecule has 0 aliphatic heterocycles. The Hall–Kier alpha value is -1.62. The van der Waals surface area contributed by atoms with Crippen molar-refractivity contribution in [1.82, 2.24) is 20.2 Å². The molecule has 0 aromatic carbocycles. The summed E-state index contributed by atoms with van der Waals surface area (Å²) in [6, 6.07) is 0.109. The van der Waals surface area contributed by atoms with Crippen LogP contribution in [0.1, 0.15) is 43.3 Å². The highest BCUT2D eigenvalue weighted by Gasteiger charge is 2.13. The summed E-state index contributed by atoms with van der Waals surface area (Å²) >= 11 is 6.15. The van der Waals surface area contributed by atoms with Crippen LogP contribution in [0.4, 0.5) is 5.82 Å². The van der Waals surface area contributed by atoms with Crippen LogP contribution in [0.3, 0.4) is 0 Å². The van der Waals surface area contributed by atoms with Gasteiger partial charge in [-0.25, -0.2) is 9.97 Å². The molecule has 0 saturated carbocycles. The third-order valence-corrected chi connectivity index (χ3v) is 3.35. The van der Waals surface area contributed by atoms with Gasteiger partial charge in [-0.2, -0.15) is 5.10 Å². The second-order valence-electron chi connectivity index (χ2n) is 4.55. The van der Waals surface area contributed by atoms with Crippen LogP contribution < -0.4 is 5.32 Å². The van der Waals surface area contributed by atoms with Crippen molar-refractivity contribution < 1.29 is 0 Å². The topological polar surface area (TPSA) is 66.5 Å². The molecule has 2 aromatic rings. The van der Waals surface area contributed by atoms with Crippen molar-refractivity contribution in [2.24, 2.45) is 0 Å². The zero-order valence-corrected chi connectivity index (χ0v) is 12.1. The SMILES string of the molecule is CCCc1nc(Cl)c(C)c(NC(C)c2cn[nH]c2)n1. The Balaban J connectivity index is 2.23. The fraction of sp³-hybridized carbons (Fsp3) is 0.462. The molecule has 1 unspecified atom stereocenters. The average molecular weight is 280 g/mol. The molecule has 2 heterocycles. The monoisotopic (exact) mass is 279 g/mol. The lowest BCUT2D eigenvalue weighted by molar-refractivity contribution is 0.814. The molecule has 1 atom stereocenters. The third kappa shape index (κ3) is 3.23. The second-order valence-corrected chi connectivity index (χ2v) is 4.91. The summed E-state index contributed by atoms with van der Waals surface area (Å²) in [5.41, 5.74) is 1.95. The van der Waals surface area contributed by atoms with E-state index in [9.17, 15) is 0 Å². The average Bonchev–Trinajstić information content (AvgIpc) is 2.89. The fourth-order valence-electron chi connectivity index (χ4n) is 1.79. The molecule has 0 spiro atoms. The van der Waals surface area contributed by atoms with Crippen molar-refractivity contribution >= 4 is 17.4 Å². The van der Waals surface area contributed by atoms with Crippen molar-refractivity contribution in [2.75, 3.05) is 5.32 Å². The normalized spacial score (nSPS) is 12.4. The quantitative estimate of drug-likeness (QED) is 0.824. The number of hydrogen-bond acceptors (Lipinski definition) is 4. The van der Waals surface area contributed by atoms with Crippen molar-refractivity contribution in [3.63, 3.8) is 0 Å². The number of aromatic nitrogens is 4. The molecule has 0 saturated heterocycles. The van der Waals surface area contributed by atoms with Crippen molar-refractivity contribution in [2.45, 2.75) is 39.7 Å². The molecule has 2 rings (SSSR count). The van der Waals surface area contributed by atoms with Crippen LogP contribution in [-0.2, 0) is 6.42 Å². The van der Waals surface area contributed by atoms with Crippen molar-refractivity contribution in [3.05, 3.63) is 34.5 Å². The highest BCUT2D eigenvalue weighted by Crippen LogP contribution is 2.24. The summed E-state index contributed by atoms with van der Waals surface area (Å²) in [6.45, 7) is 6.07. The summed E-state index contributed by atoms with van der Waals surface area (Å²) in [4.78, 5) is 8.82. The summed E-state index contributed by atoms with van der Waals surface area (Å²) in [5.74, 6) is 1.57. The van der Waals surface area contributed by atoms with Crippen LogP contribution in [0.5, 0.6) is 0 Å². The van der Waals surface area contributed by atoms with E-state index in [-0.39, 0.29) is 6.04 Å². The van der Waals surface area contributed by atoms with Gasteiger partial charge in [0.2, 0.25) is 0 Å². The Morgan fingerprint density at radius 2 is 2.21 bits per heavy atom. The summed E-state index contributed by atoms with van der Waals surface area (Å²) in [5, 5.41) is 10.6. The number of aryl methyl sites for hydroxylation is 1. The van der Waals surface area contributed by atoms with E-state index in [2.05, 4.69) is 39.3 Å². The van der Waals surface area contributed by atoms with E-state index in [0.29, 0.717) is 5.15 Å². The van der Waals surface area contributed by atoms with Gasteiger partial charge in [0.25, 0.3) is 0 Å². The lowest BCUT2D eigenvalue weighted by Gasteiger charge is -2.16. The largest absolute Gasteiger partial charge is 0.363 e. The van der Waals surface area contributed by atoms with Crippen LogP contribution in [0.2, 0.25) is 5.15 Å². The maximum absolute atomic E-state index is 6.15. The highest BCUT2D eigenvalue weighted by molar-refractivity contribution is 6.30. The molecule has 0 aliphatic carbocycles. The maximum atomic E-state index is 6.15. The van der Waals surface area contributed by atoms with E-state index < -0.39 is 0 Å². The molecule has 0 amide bonds. The Bertz CT molecular complexity index is 538. The lowest BCUT2D eigenvalue weighted by atomic mass is 10.2. The molecule has 2 aromatic heterocycles.